The van der Waals surface area contributed by atoms with Crippen LogP contribution in [0, 0.1) is 5.92 Å². The summed E-state index contributed by atoms with van der Waals surface area (Å²) in [5.74, 6) is -1.24. The highest BCUT2D eigenvalue weighted by atomic mass is 16.4. The molecule has 0 radical (unpaired) electrons. The van der Waals surface area contributed by atoms with E-state index in [-0.39, 0.29) is 24.3 Å². The van der Waals surface area contributed by atoms with E-state index in [1.807, 2.05) is 24.3 Å². The van der Waals surface area contributed by atoms with Gasteiger partial charge >= 0.3 is 5.97 Å². The number of carboxylic acid groups (broad SMARTS) is 1. The van der Waals surface area contributed by atoms with E-state index in [2.05, 4.69) is 10.6 Å². The first-order valence-electron chi connectivity index (χ1n) is 11.0. The third-order valence-corrected chi connectivity index (χ3v) is 6.30. The second kappa shape index (κ2) is 10.7. The number of nitrogens with two attached hydrogens (primary N) is 2. The molecule has 1 saturated carbocycles. The predicted molar refractivity (Wildman–Crippen MR) is 116 cm³/mol. The number of amides is 2. The number of aliphatic carboxylic acids is 1. The molecule has 2 fully saturated rings. The highest BCUT2D eigenvalue weighted by molar-refractivity contribution is 5.91. The average Bonchev–Trinajstić information content (AvgIpc) is 2.72. The first-order chi connectivity index (χ1) is 14.9. The van der Waals surface area contributed by atoms with E-state index < -0.39 is 24.2 Å². The number of nitrogens with zero attached hydrogens (tertiary/aromatic N) is 1. The number of benzene rings is 1. The Bertz CT molecular complexity index is 777. The second-order valence-electron chi connectivity index (χ2n) is 8.47. The molecule has 0 aromatic heterocycles. The Morgan fingerprint density at radius 3 is 2.29 bits per heavy atom. The van der Waals surface area contributed by atoms with E-state index in [1.165, 1.54) is 0 Å². The summed E-state index contributed by atoms with van der Waals surface area (Å²) in [6.07, 6.45) is 5.09. The van der Waals surface area contributed by atoms with Crippen molar-refractivity contribution < 1.29 is 19.5 Å². The first kappa shape index (κ1) is 23.2. The van der Waals surface area contributed by atoms with Crippen molar-refractivity contribution in [1.82, 2.24) is 15.5 Å². The summed E-state index contributed by atoms with van der Waals surface area (Å²) < 4.78 is 0. The van der Waals surface area contributed by atoms with Gasteiger partial charge in [-0.1, -0.05) is 43.5 Å². The smallest absolute Gasteiger partial charge is 0.317 e. The fraction of sp³-hybridized carbons (Fsp3) is 0.591. The molecule has 0 unspecified atom stereocenters. The van der Waals surface area contributed by atoms with Crippen molar-refractivity contribution in [2.24, 2.45) is 17.4 Å². The fourth-order valence-corrected chi connectivity index (χ4v) is 4.39. The zero-order valence-electron chi connectivity index (χ0n) is 17.8. The fourth-order valence-electron chi connectivity index (χ4n) is 4.39. The Hall–Kier alpha value is -2.49. The van der Waals surface area contributed by atoms with Gasteiger partial charge in [0.05, 0.1) is 18.8 Å². The summed E-state index contributed by atoms with van der Waals surface area (Å²) in [7, 11) is 0. The van der Waals surface area contributed by atoms with Crippen molar-refractivity contribution in [2.75, 3.05) is 13.1 Å². The molecule has 0 spiro atoms. The predicted octanol–water partition coefficient (Wildman–Crippen LogP) is 0.443. The number of hydrogen-bond acceptors (Lipinski definition) is 6. The van der Waals surface area contributed by atoms with Gasteiger partial charge in [-0.05, 0) is 36.3 Å². The monoisotopic (exact) mass is 431 g/mol. The van der Waals surface area contributed by atoms with Gasteiger partial charge in [-0.3, -0.25) is 19.7 Å². The van der Waals surface area contributed by atoms with Crippen molar-refractivity contribution in [3.63, 3.8) is 0 Å². The average molecular weight is 432 g/mol. The zero-order chi connectivity index (χ0) is 22.4. The largest absolute Gasteiger partial charge is 0.480 e. The van der Waals surface area contributed by atoms with Crippen molar-refractivity contribution >= 4 is 17.8 Å². The summed E-state index contributed by atoms with van der Waals surface area (Å²) in [6, 6.07) is 6.31. The lowest BCUT2D eigenvalue weighted by Crippen LogP contribution is -2.63. The van der Waals surface area contributed by atoms with Crippen LogP contribution in [0.25, 0.3) is 0 Å². The van der Waals surface area contributed by atoms with Crippen molar-refractivity contribution in [2.45, 2.75) is 63.3 Å². The molecule has 1 aromatic carbocycles. The van der Waals surface area contributed by atoms with Crippen LogP contribution in [0.4, 0.5) is 0 Å². The Morgan fingerprint density at radius 1 is 1.06 bits per heavy atom. The van der Waals surface area contributed by atoms with Gasteiger partial charge in [0, 0.05) is 13.1 Å². The molecule has 1 aliphatic heterocycles. The molecule has 31 heavy (non-hydrogen) atoms. The van der Waals surface area contributed by atoms with Crippen molar-refractivity contribution in [3.05, 3.63) is 35.4 Å². The minimum atomic E-state index is -0.992. The molecule has 1 aliphatic carbocycles. The Kier molecular flexibility index (Phi) is 8.00. The highest BCUT2D eigenvalue weighted by Gasteiger charge is 2.42. The standard InChI is InChI=1S/C22H33N5O4/c23-20(24)16-8-6-14(7-9-16)12-26-21(30)17-10-11-27(17)22(31)19(25-13-18(28)29)15-4-2-1-3-5-15/h6-9,15,17,19-20,25H,1-5,10-13,23-24H2,(H,26,30)(H,28,29)/t17-,19+/m0/s1. The third-order valence-electron chi connectivity index (χ3n) is 6.30. The van der Waals surface area contributed by atoms with E-state index >= 15 is 0 Å². The van der Waals surface area contributed by atoms with Gasteiger partial charge in [0.15, 0.2) is 0 Å². The Balaban J connectivity index is 1.57. The number of rotatable bonds is 9. The molecule has 3 rings (SSSR count). The quantitative estimate of drug-likeness (QED) is 0.356. The third kappa shape index (κ3) is 6.03. The molecule has 9 heteroatoms. The topological polar surface area (TPSA) is 151 Å². The van der Waals surface area contributed by atoms with Gasteiger partial charge in [-0.25, -0.2) is 0 Å². The van der Waals surface area contributed by atoms with Crippen LogP contribution in [-0.4, -0.2) is 53.0 Å². The van der Waals surface area contributed by atoms with Crippen LogP contribution in [0.5, 0.6) is 0 Å². The lowest BCUT2D eigenvalue weighted by molar-refractivity contribution is -0.150. The van der Waals surface area contributed by atoms with Crippen LogP contribution in [0.3, 0.4) is 0 Å². The van der Waals surface area contributed by atoms with Crippen molar-refractivity contribution in [3.8, 4) is 0 Å². The molecule has 7 N–H and O–H groups in total. The summed E-state index contributed by atoms with van der Waals surface area (Å²) >= 11 is 0. The lowest BCUT2D eigenvalue weighted by Gasteiger charge is -2.43. The normalized spacial score (nSPS) is 20.2. The number of hydrogen-bond donors (Lipinski definition) is 5. The Morgan fingerprint density at radius 2 is 1.74 bits per heavy atom. The molecular formula is C22H33N5O4. The van der Waals surface area contributed by atoms with Gasteiger partial charge in [0.25, 0.3) is 0 Å². The summed E-state index contributed by atoms with van der Waals surface area (Å²) in [4.78, 5) is 38.5. The van der Waals surface area contributed by atoms with E-state index in [1.54, 1.807) is 4.90 Å². The van der Waals surface area contributed by atoms with Gasteiger partial charge in [0.2, 0.25) is 11.8 Å². The SMILES string of the molecule is NC(N)c1ccc(CNC(=O)[C@@H]2CCN2C(=O)[C@H](NCC(=O)O)C2CCCCC2)cc1. The lowest BCUT2D eigenvalue weighted by atomic mass is 9.82. The minimum absolute atomic E-state index is 0.109. The van der Waals surface area contributed by atoms with Crippen LogP contribution in [-0.2, 0) is 20.9 Å². The zero-order valence-corrected chi connectivity index (χ0v) is 17.8. The first-order valence-corrected chi connectivity index (χ1v) is 11.0. The van der Waals surface area contributed by atoms with Crippen LogP contribution < -0.4 is 22.1 Å². The molecule has 2 aliphatic rings. The summed E-state index contributed by atoms with van der Waals surface area (Å²) in [5.41, 5.74) is 13.0. The Labute approximate surface area is 182 Å². The van der Waals surface area contributed by atoms with Gasteiger partial charge in [0.1, 0.15) is 6.04 Å². The second-order valence-corrected chi connectivity index (χ2v) is 8.47. The number of carbonyl (C=O) groups excluding carboxylic acids is 2. The van der Waals surface area contributed by atoms with E-state index in [0.717, 1.165) is 43.2 Å². The molecule has 9 nitrogen and oxygen atoms in total. The maximum absolute atomic E-state index is 13.2. The van der Waals surface area contributed by atoms with Crippen LogP contribution >= 0.6 is 0 Å². The molecule has 2 atom stereocenters. The van der Waals surface area contributed by atoms with Crippen LogP contribution in [0.2, 0.25) is 0 Å². The maximum atomic E-state index is 13.2. The summed E-state index contributed by atoms with van der Waals surface area (Å²) in [6.45, 7) is 0.596. The van der Waals surface area contributed by atoms with Crippen LogP contribution in [0.1, 0.15) is 55.8 Å². The number of carboxylic acids is 1. The van der Waals surface area contributed by atoms with Crippen molar-refractivity contribution in [1.29, 1.82) is 0 Å². The molecule has 1 aromatic rings. The molecule has 170 valence electrons. The van der Waals surface area contributed by atoms with E-state index in [0.29, 0.717) is 19.5 Å². The van der Waals surface area contributed by atoms with E-state index in [9.17, 15) is 14.4 Å². The number of likely N-dealkylation sites (tertiary alicyclic amines) is 1. The molecule has 1 saturated heterocycles. The molecule has 0 bridgehead atoms. The highest BCUT2D eigenvalue weighted by Crippen LogP contribution is 2.29. The minimum Gasteiger partial charge on any atom is -0.480 e. The maximum Gasteiger partial charge on any atom is 0.317 e. The van der Waals surface area contributed by atoms with E-state index in [4.69, 9.17) is 16.6 Å². The number of nitrogens with one attached hydrogen (secondary N) is 2. The van der Waals surface area contributed by atoms with Gasteiger partial charge in [-0.2, -0.15) is 0 Å². The van der Waals surface area contributed by atoms with Gasteiger partial charge in [-0.15, -0.1) is 0 Å². The van der Waals surface area contributed by atoms with Crippen LogP contribution in [0.15, 0.2) is 24.3 Å². The molecular weight excluding hydrogens is 398 g/mol. The van der Waals surface area contributed by atoms with Gasteiger partial charge < -0.3 is 26.8 Å². The molecule has 1 heterocycles. The molecule has 2 amide bonds. The number of carbonyl (C=O) groups is 3. The summed E-state index contributed by atoms with van der Waals surface area (Å²) in [5, 5.41) is 14.9.